The lowest BCUT2D eigenvalue weighted by molar-refractivity contribution is -0.870. The van der Waals surface area contributed by atoms with Crippen molar-refractivity contribution >= 4 is 13.8 Å². The fraction of sp³-hybridized carbons (Fsp3) is 0.685. The summed E-state index contributed by atoms with van der Waals surface area (Å²) in [6.45, 7) is 5.20. The summed E-state index contributed by atoms with van der Waals surface area (Å²) in [7, 11) is 1.31. The van der Waals surface area contributed by atoms with E-state index in [0.29, 0.717) is 24.1 Å². The van der Waals surface area contributed by atoms with Crippen LogP contribution < -0.4 is 4.89 Å². The summed E-state index contributed by atoms with van der Waals surface area (Å²) in [5.74, 6) is -0.372. The highest BCUT2D eigenvalue weighted by Gasteiger charge is 2.20. The number of phosphoric ester groups is 1. The average molecular weight is 900 g/mol. The van der Waals surface area contributed by atoms with Gasteiger partial charge < -0.3 is 27.9 Å². The predicted octanol–water partition coefficient (Wildman–Crippen LogP) is 14.8. The molecule has 8 nitrogen and oxygen atoms in total. The van der Waals surface area contributed by atoms with Crippen LogP contribution in [-0.4, -0.2) is 70.7 Å². The molecule has 0 spiro atoms. The summed E-state index contributed by atoms with van der Waals surface area (Å²) >= 11 is 0. The third kappa shape index (κ3) is 50.3. The summed E-state index contributed by atoms with van der Waals surface area (Å²) in [6.07, 6.45) is 62.9. The number of allylic oxidation sites excluding steroid dienone is 16. The topological polar surface area (TPSA) is 94.1 Å². The standard InChI is InChI=1S/C54H94NO7P/c1-6-8-10-12-14-16-18-20-22-24-26-27-28-30-32-34-36-38-40-42-44-46-49-59-51-53(52-61-63(57,58)60-50-48-55(3,4)5)62-54(56)47-45-43-41-39-37-35-33-31-29-25-23-21-19-17-15-13-11-9-7-2/h9,11,15,17-18,20-21,23-24,26,28-31,35,37,53H,6-8,10,12-14,16,19,22,25,27,32-34,36,38-52H2,1-5H3/b11-9-,17-15-,20-18-,23-21-,26-24-,30-28-,31-29-,37-35-. The Hall–Kier alpha value is -2.58. The fourth-order valence-electron chi connectivity index (χ4n) is 6.28. The van der Waals surface area contributed by atoms with Gasteiger partial charge in [-0.3, -0.25) is 9.36 Å². The zero-order valence-corrected chi connectivity index (χ0v) is 41.9. The summed E-state index contributed by atoms with van der Waals surface area (Å²) in [5, 5.41) is 0. The molecule has 9 heteroatoms. The van der Waals surface area contributed by atoms with Crippen molar-refractivity contribution in [3.8, 4) is 0 Å². The fourth-order valence-corrected chi connectivity index (χ4v) is 7.01. The summed E-state index contributed by atoms with van der Waals surface area (Å²) in [4.78, 5) is 25.1. The maximum atomic E-state index is 12.7. The highest BCUT2D eigenvalue weighted by atomic mass is 31.2. The van der Waals surface area contributed by atoms with Crippen LogP contribution in [0.5, 0.6) is 0 Å². The molecule has 362 valence electrons. The van der Waals surface area contributed by atoms with Crippen molar-refractivity contribution in [1.29, 1.82) is 0 Å². The van der Waals surface area contributed by atoms with E-state index in [-0.39, 0.29) is 32.2 Å². The Balaban J connectivity index is 4.28. The van der Waals surface area contributed by atoms with Crippen molar-refractivity contribution in [1.82, 2.24) is 0 Å². The number of hydrogen-bond donors (Lipinski definition) is 0. The Morgan fingerprint density at radius 1 is 0.508 bits per heavy atom. The van der Waals surface area contributed by atoms with E-state index in [4.69, 9.17) is 18.5 Å². The minimum Gasteiger partial charge on any atom is -0.756 e. The molecule has 0 aromatic heterocycles. The maximum Gasteiger partial charge on any atom is 0.306 e. The Bertz CT molecular complexity index is 1320. The molecule has 0 fully saturated rings. The molecule has 0 aromatic carbocycles. The number of unbranched alkanes of at least 4 members (excludes halogenated alkanes) is 15. The zero-order chi connectivity index (χ0) is 46.2. The van der Waals surface area contributed by atoms with Gasteiger partial charge in [-0.2, -0.15) is 0 Å². The van der Waals surface area contributed by atoms with Crippen LogP contribution in [0.4, 0.5) is 0 Å². The van der Waals surface area contributed by atoms with Crippen LogP contribution in [-0.2, 0) is 27.9 Å². The second kappa shape index (κ2) is 46.0. The summed E-state index contributed by atoms with van der Waals surface area (Å²) in [6, 6.07) is 0. The number of ether oxygens (including phenoxy) is 2. The van der Waals surface area contributed by atoms with Crippen LogP contribution in [0.3, 0.4) is 0 Å². The van der Waals surface area contributed by atoms with E-state index in [1.165, 1.54) is 64.2 Å². The van der Waals surface area contributed by atoms with Gasteiger partial charge in [0.05, 0.1) is 34.4 Å². The quantitative estimate of drug-likeness (QED) is 0.0197. The highest BCUT2D eigenvalue weighted by Crippen LogP contribution is 2.38. The molecule has 0 aromatic rings. The largest absolute Gasteiger partial charge is 0.756 e. The minimum atomic E-state index is -4.55. The molecular weight excluding hydrogens is 806 g/mol. The number of rotatable bonds is 45. The molecule has 0 aliphatic carbocycles. The lowest BCUT2D eigenvalue weighted by atomic mass is 10.1. The minimum absolute atomic E-state index is 0.0115. The van der Waals surface area contributed by atoms with E-state index in [9.17, 15) is 14.3 Å². The van der Waals surface area contributed by atoms with Crippen LogP contribution in [0.1, 0.15) is 181 Å². The maximum absolute atomic E-state index is 12.7. The number of hydrogen-bond acceptors (Lipinski definition) is 7. The first-order chi connectivity index (χ1) is 30.6. The number of likely N-dealkylation sites (N-methyl/N-ethyl adjacent to an activating group) is 1. The Morgan fingerprint density at radius 2 is 0.921 bits per heavy atom. The lowest BCUT2D eigenvalue weighted by Gasteiger charge is -2.28. The molecule has 0 amide bonds. The number of quaternary nitrogens is 1. The highest BCUT2D eigenvalue weighted by molar-refractivity contribution is 7.45. The van der Waals surface area contributed by atoms with Crippen LogP contribution in [0.2, 0.25) is 0 Å². The van der Waals surface area contributed by atoms with Crippen molar-refractivity contribution in [3.05, 3.63) is 97.2 Å². The first-order valence-corrected chi connectivity index (χ1v) is 26.4. The Kier molecular flexibility index (Phi) is 44.1. The monoisotopic (exact) mass is 900 g/mol. The zero-order valence-electron chi connectivity index (χ0n) is 41.0. The molecule has 2 atom stereocenters. The van der Waals surface area contributed by atoms with Crippen LogP contribution in [0.15, 0.2) is 97.2 Å². The van der Waals surface area contributed by atoms with Gasteiger partial charge >= 0.3 is 5.97 Å². The molecule has 0 rings (SSSR count). The van der Waals surface area contributed by atoms with Gasteiger partial charge in [0.2, 0.25) is 0 Å². The molecule has 0 saturated heterocycles. The number of esters is 1. The second-order valence-corrected chi connectivity index (χ2v) is 18.8. The Labute approximate surface area is 387 Å². The van der Waals surface area contributed by atoms with Gasteiger partial charge in [0, 0.05) is 13.0 Å². The summed E-state index contributed by atoms with van der Waals surface area (Å²) in [5.41, 5.74) is 0. The summed E-state index contributed by atoms with van der Waals surface area (Å²) < 4.78 is 34.7. The van der Waals surface area contributed by atoms with Gasteiger partial charge in [0.25, 0.3) is 7.82 Å². The average Bonchev–Trinajstić information content (AvgIpc) is 3.24. The van der Waals surface area contributed by atoms with E-state index in [0.717, 1.165) is 89.9 Å². The SMILES string of the molecule is CC/C=C\C/C=C\C/C=C\C/C=C\C/C=C\CCCCCC(=O)OC(COCCCCCCCCC/C=C\C/C=C\C/C=C\CCCCCCC)COP(=O)([O-])OCC[N+](C)(C)C. The Morgan fingerprint density at radius 3 is 1.38 bits per heavy atom. The van der Waals surface area contributed by atoms with Gasteiger partial charge in [0.15, 0.2) is 0 Å². The van der Waals surface area contributed by atoms with Crippen molar-refractivity contribution in [2.24, 2.45) is 0 Å². The van der Waals surface area contributed by atoms with E-state index in [2.05, 4.69) is 111 Å². The van der Waals surface area contributed by atoms with Gasteiger partial charge in [-0.1, -0.05) is 175 Å². The lowest BCUT2D eigenvalue weighted by Crippen LogP contribution is -2.37. The van der Waals surface area contributed by atoms with Gasteiger partial charge in [0.1, 0.15) is 19.3 Å². The number of phosphoric acid groups is 1. The first-order valence-electron chi connectivity index (χ1n) is 25.0. The molecule has 0 aliphatic heterocycles. The predicted molar refractivity (Wildman–Crippen MR) is 268 cm³/mol. The molecule has 0 bridgehead atoms. The third-order valence-electron chi connectivity index (χ3n) is 10.1. The van der Waals surface area contributed by atoms with Crippen molar-refractivity contribution in [2.75, 3.05) is 54.1 Å². The molecule has 0 heterocycles. The van der Waals surface area contributed by atoms with E-state index in [1.807, 2.05) is 21.1 Å². The molecule has 0 N–H and O–H groups in total. The van der Waals surface area contributed by atoms with Crippen molar-refractivity contribution < 1.29 is 37.3 Å². The van der Waals surface area contributed by atoms with E-state index in [1.54, 1.807) is 0 Å². The number of carbonyl (C=O) groups is 1. The third-order valence-corrected chi connectivity index (χ3v) is 11.1. The van der Waals surface area contributed by atoms with Crippen LogP contribution >= 0.6 is 7.82 Å². The van der Waals surface area contributed by atoms with Gasteiger partial charge in [-0.05, 0) is 96.3 Å². The van der Waals surface area contributed by atoms with Gasteiger partial charge in [-0.15, -0.1) is 0 Å². The first kappa shape index (κ1) is 60.4. The second-order valence-electron chi connectivity index (χ2n) is 17.4. The molecule has 0 radical (unpaired) electrons. The normalized spacial score (nSPS) is 14.4. The smallest absolute Gasteiger partial charge is 0.306 e. The molecule has 0 saturated carbocycles. The van der Waals surface area contributed by atoms with E-state index < -0.39 is 13.9 Å². The molecule has 2 unspecified atom stereocenters. The van der Waals surface area contributed by atoms with E-state index >= 15 is 0 Å². The number of carbonyl (C=O) groups excluding carboxylic acids is 1. The van der Waals surface area contributed by atoms with Crippen LogP contribution in [0, 0.1) is 0 Å². The van der Waals surface area contributed by atoms with Crippen LogP contribution in [0.25, 0.3) is 0 Å². The van der Waals surface area contributed by atoms with Crippen molar-refractivity contribution in [2.45, 2.75) is 187 Å². The molecule has 63 heavy (non-hydrogen) atoms. The molecular formula is C54H94NO7P. The van der Waals surface area contributed by atoms with Crippen molar-refractivity contribution in [3.63, 3.8) is 0 Å². The van der Waals surface area contributed by atoms with Gasteiger partial charge in [-0.25, -0.2) is 0 Å². The molecule has 0 aliphatic rings. The number of nitrogens with zero attached hydrogens (tertiary/aromatic N) is 1.